The zero-order chi connectivity index (χ0) is 15.0. The van der Waals surface area contributed by atoms with E-state index in [9.17, 15) is 19.8 Å². The summed E-state index contributed by atoms with van der Waals surface area (Å²) in [4.78, 5) is 22.1. The minimum absolute atomic E-state index is 0.00492. The molecular weight excluding hydrogens is 248 g/mol. The van der Waals surface area contributed by atoms with E-state index in [1.165, 1.54) is 13.8 Å². The topological polar surface area (TPSA) is 83.8 Å². The van der Waals surface area contributed by atoms with E-state index in [4.69, 9.17) is 4.74 Å². The Balaban J connectivity index is 4.20. The number of hydrogen-bond acceptors (Lipinski definition) is 5. The first-order valence-corrected chi connectivity index (χ1v) is 6.66. The molecule has 0 aliphatic carbocycles. The Morgan fingerprint density at radius 1 is 0.895 bits per heavy atom. The van der Waals surface area contributed by atoms with Gasteiger partial charge >= 0.3 is 0 Å². The summed E-state index contributed by atoms with van der Waals surface area (Å²) < 4.78 is 5.46. The molecule has 2 N–H and O–H groups in total. The van der Waals surface area contributed by atoms with Crippen LogP contribution < -0.4 is 0 Å². The van der Waals surface area contributed by atoms with E-state index >= 15 is 0 Å². The number of carbonyl (C=O) groups is 2. The number of aliphatic hydroxyl groups excluding tert-OH is 2. The summed E-state index contributed by atoms with van der Waals surface area (Å²) in [7, 11) is 0. The molecule has 112 valence electrons. The van der Waals surface area contributed by atoms with Gasteiger partial charge in [-0.15, -0.1) is 0 Å². The van der Waals surface area contributed by atoms with E-state index in [1.807, 2.05) is 0 Å². The lowest BCUT2D eigenvalue weighted by Gasteiger charge is -2.22. The quantitative estimate of drug-likeness (QED) is 0.620. The van der Waals surface area contributed by atoms with Crippen LogP contribution in [0.15, 0.2) is 0 Å². The fourth-order valence-electron chi connectivity index (χ4n) is 1.85. The Morgan fingerprint density at radius 2 is 1.21 bits per heavy atom. The van der Waals surface area contributed by atoms with Crippen LogP contribution in [0.2, 0.25) is 0 Å². The standard InChI is InChI=1S/C14H26O5/c1-9(15)5-13(11(3)17)7-19-8-14(12(4)18)6-10(2)16/h11-14,17-18H,5-8H2,1-4H3. The number of hydrogen-bond donors (Lipinski definition) is 2. The van der Waals surface area contributed by atoms with Gasteiger partial charge in [0.05, 0.1) is 25.4 Å². The Kier molecular flexibility index (Phi) is 8.80. The lowest BCUT2D eigenvalue weighted by Crippen LogP contribution is -2.29. The zero-order valence-electron chi connectivity index (χ0n) is 12.3. The maximum atomic E-state index is 11.1. The first-order chi connectivity index (χ1) is 8.73. The number of aliphatic hydroxyl groups is 2. The number of Topliss-reactive ketones (excluding diaryl/α,β-unsaturated/α-hetero) is 2. The number of ether oxygens (including phenoxy) is 1. The van der Waals surface area contributed by atoms with Gasteiger partial charge in [0.2, 0.25) is 0 Å². The van der Waals surface area contributed by atoms with Crippen molar-refractivity contribution >= 4 is 11.6 Å². The highest BCUT2D eigenvalue weighted by molar-refractivity contribution is 5.76. The van der Waals surface area contributed by atoms with Crippen LogP contribution >= 0.6 is 0 Å². The Morgan fingerprint density at radius 3 is 1.42 bits per heavy atom. The Labute approximate surface area is 115 Å². The van der Waals surface area contributed by atoms with E-state index < -0.39 is 12.2 Å². The second kappa shape index (κ2) is 9.18. The molecule has 5 nitrogen and oxygen atoms in total. The van der Waals surface area contributed by atoms with Crippen LogP contribution in [0.4, 0.5) is 0 Å². The van der Waals surface area contributed by atoms with Crippen LogP contribution in [0, 0.1) is 11.8 Å². The van der Waals surface area contributed by atoms with Crippen molar-refractivity contribution in [3.8, 4) is 0 Å². The smallest absolute Gasteiger partial charge is 0.130 e. The van der Waals surface area contributed by atoms with Gasteiger partial charge in [0.1, 0.15) is 11.6 Å². The van der Waals surface area contributed by atoms with Gasteiger partial charge in [-0.2, -0.15) is 0 Å². The minimum atomic E-state index is -0.623. The summed E-state index contributed by atoms with van der Waals surface area (Å²) in [5, 5.41) is 19.1. The lowest BCUT2D eigenvalue weighted by atomic mass is 9.97. The van der Waals surface area contributed by atoms with Gasteiger partial charge in [-0.3, -0.25) is 0 Å². The van der Waals surface area contributed by atoms with Gasteiger partial charge in [-0.1, -0.05) is 0 Å². The average molecular weight is 274 g/mol. The van der Waals surface area contributed by atoms with Gasteiger partial charge in [0, 0.05) is 24.7 Å². The van der Waals surface area contributed by atoms with E-state index in [0.717, 1.165) is 0 Å². The summed E-state index contributed by atoms with van der Waals surface area (Å²) in [6.07, 6.45) is -0.712. The molecule has 0 aliphatic heterocycles. The first kappa shape index (κ1) is 18.2. The highest BCUT2D eigenvalue weighted by Gasteiger charge is 2.21. The predicted octanol–water partition coefficient (Wildman–Crippen LogP) is 0.955. The van der Waals surface area contributed by atoms with Crippen molar-refractivity contribution in [1.29, 1.82) is 0 Å². The van der Waals surface area contributed by atoms with Gasteiger partial charge in [-0.25, -0.2) is 0 Å². The van der Waals surface area contributed by atoms with E-state index in [1.54, 1.807) is 13.8 Å². The number of carbonyl (C=O) groups excluding carboxylic acids is 2. The second-order valence-electron chi connectivity index (χ2n) is 5.35. The third-order valence-corrected chi connectivity index (χ3v) is 3.13. The molecule has 0 spiro atoms. The highest BCUT2D eigenvalue weighted by atomic mass is 16.5. The van der Waals surface area contributed by atoms with Crippen LogP contribution in [0.1, 0.15) is 40.5 Å². The van der Waals surface area contributed by atoms with Crippen LogP contribution in [-0.4, -0.2) is 47.2 Å². The Hall–Kier alpha value is -0.780. The average Bonchev–Trinajstić information content (AvgIpc) is 2.24. The van der Waals surface area contributed by atoms with Crippen molar-refractivity contribution in [2.24, 2.45) is 11.8 Å². The van der Waals surface area contributed by atoms with Crippen molar-refractivity contribution in [3.63, 3.8) is 0 Å². The largest absolute Gasteiger partial charge is 0.393 e. The van der Waals surface area contributed by atoms with Crippen LogP contribution in [0.3, 0.4) is 0 Å². The molecule has 0 aromatic rings. The van der Waals surface area contributed by atoms with Crippen molar-refractivity contribution in [3.05, 3.63) is 0 Å². The fraction of sp³-hybridized carbons (Fsp3) is 0.857. The minimum Gasteiger partial charge on any atom is -0.393 e. The monoisotopic (exact) mass is 274 g/mol. The van der Waals surface area contributed by atoms with Gasteiger partial charge in [0.15, 0.2) is 0 Å². The molecule has 0 saturated heterocycles. The third-order valence-electron chi connectivity index (χ3n) is 3.13. The molecule has 4 atom stereocenters. The van der Waals surface area contributed by atoms with Crippen LogP contribution in [0.5, 0.6) is 0 Å². The zero-order valence-corrected chi connectivity index (χ0v) is 12.3. The summed E-state index contributed by atoms with van der Waals surface area (Å²) in [6.45, 7) is 6.70. The van der Waals surface area contributed by atoms with Crippen LogP contribution in [-0.2, 0) is 14.3 Å². The number of ketones is 2. The van der Waals surface area contributed by atoms with Crippen molar-refractivity contribution < 1.29 is 24.5 Å². The molecule has 0 rings (SSSR count). The number of rotatable bonds is 10. The molecule has 4 unspecified atom stereocenters. The van der Waals surface area contributed by atoms with Gasteiger partial charge in [0.25, 0.3) is 0 Å². The van der Waals surface area contributed by atoms with Gasteiger partial charge in [-0.05, 0) is 27.7 Å². The lowest BCUT2D eigenvalue weighted by molar-refractivity contribution is -0.120. The summed E-state index contributed by atoms with van der Waals surface area (Å²) in [5.74, 6) is -0.482. The van der Waals surface area contributed by atoms with Crippen molar-refractivity contribution in [1.82, 2.24) is 0 Å². The maximum absolute atomic E-state index is 11.1. The van der Waals surface area contributed by atoms with Crippen LogP contribution in [0.25, 0.3) is 0 Å². The van der Waals surface area contributed by atoms with E-state index in [-0.39, 0.29) is 49.5 Å². The second-order valence-corrected chi connectivity index (χ2v) is 5.35. The molecule has 0 amide bonds. The maximum Gasteiger partial charge on any atom is 0.130 e. The summed E-state index contributed by atoms with van der Waals surface area (Å²) in [5.41, 5.74) is 0. The molecule has 0 aliphatic rings. The highest BCUT2D eigenvalue weighted by Crippen LogP contribution is 2.14. The molecule has 5 heteroatoms. The molecule has 0 aromatic carbocycles. The molecule has 0 saturated carbocycles. The van der Waals surface area contributed by atoms with E-state index in [0.29, 0.717) is 0 Å². The van der Waals surface area contributed by atoms with E-state index in [2.05, 4.69) is 0 Å². The molecule has 19 heavy (non-hydrogen) atoms. The normalized spacial score (nSPS) is 17.6. The molecule has 0 bridgehead atoms. The predicted molar refractivity (Wildman–Crippen MR) is 71.8 cm³/mol. The summed E-state index contributed by atoms with van der Waals surface area (Å²) in [6, 6.07) is 0. The third kappa shape index (κ3) is 8.86. The summed E-state index contributed by atoms with van der Waals surface area (Å²) >= 11 is 0. The molecule has 0 aromatic heterocycles. The first-order valence-electron chi connectivity index (χ1n) is 6.66. The molecule has 0 heterocycles. The molecular formula is C14H26O5. The van der Waals surface area contributed by atoms with Crippen molar-refractivity contribution in [2.75, 3.05) is 13.2 Å². The van der Waals surface area contributed by atoms with Gasteiger partial charge < -0.3 is 24.5 Å². The SMILES string of the molecule is CC(=O)CC(COCC(CC(C)=O)C(C)O)C(C)O. The van der Waals surface area contributed by atoms with Crippen molar-refractivity contribution in [2.45, 2.75) is 52.7 Å². The molecule has 0 fully saturated rings. The Bertz CT molecular complexity index is 258. The molecule has 0 radical (unpaired) electrons. The fourth-order valence-corrected chi connectivity index (χ4v) is 1.85.